The van der Waals surface area contributed by atoms with E-state index >= 15 is 0 Å². The van der Waals surface area contributed by atoms with Gasteiger partial charge < -0.3 is 11.1 Å². The van der Waals surface area contributed by atoms with Crippen LogP contribution in [0.4, 0.5) is 11.4 Å². The summed E-state index contributed by atoms with van der Waals surface area (Å²) >= 11 is 12.1. The van der Waals surface area contributed by atoms with Gasteiger partial charge in [-0.05, 0) is 36.2 Å². The lowest BCUT2D eigenvalue weighted by Gasteiger charge is -2.08. The molecule has 0 aromatic heterocycles. The molecule has 104 valence electrons. The Morgan fingerprint density at radius 1 is 1.15 bits per heavy atom. The summed E-state index contributed by atoms with van der Waals surface area (Å²) in [7, 11) is 0. The second-order valence-electron chi connectivity index (χ2n) is 4.25. The number of anilines is 1. The summed E-state index contributed by atoms with van der Waals surface area (Å²) in [6.07, 6.45) is 0.961. The van der Waals surface area contributed by atoms with Gasteiger partial charge in [0.2, 0.25) is 0 Å². The minimum absolute atomic E-state index is 0.244. The first-order valence-electron chi connectivity index (χ1n) is 6.24. The molecule has 0 saturated heterocycles. The maximum atomic E-state index is 6.05. The summed E-state index contributed by atoms with van der Waals surface area (Å²) in [5.74, 6) is 0.244. The molecule has 0 amide bonds. The van der Waals surface area contributed by atoms with Crippen molar-refractivity contribution >= 4 is 40.5 Å². The average molecular weight is 308 g/mol. The maximum absolute atomic E-state index is 6.05. The predicted octanol–water partition coefficient (Wildman–Crippen LogP) is 4.61. The highest BCUT2D eigenvalue weighted by Crippen LogP contribution is 2.32. The molecule has 5 heteroatoms. The van der Waals surface area contributed by atoms with Gasteiger partial charge in [-0.15, -0.1) is 0 Å². The first-order valence-corrected chi connectivity index (χ1v) is 7.00. The molecule has 20 heavy (non-hydrogen) atoms. The molecule has 3 nitrogen and oxygen atoms in total. The highest BCUT2D eigenvalue weighted by molar-refractivity contribution is 6.38. The van der Waals surface area contributed by atoms with E-state index in [1.807, 2.05) is 18.2 Å². The quantitative estimate of drug-likeness (QED) is 0.642. The number of nitrogens with zero attached hydrogens (tertiary/aromatic N) is 1. The standard InChI is InChI=1S/C15H15Cl2N3/c1-2-10-5-3-6-11(9-10)19-15(18)20-14-12(16)7-4-8-13(14)17/h3-9H,2H2,1H3,(H3,18,19,20). The molecular weight excluding hydrogens is 293 g/mol. The van der Waals surface area contributed by atoms with Crippen molar-refractivity contribution in [2.24, 2.45) is 10.7 Å². The molecule has 2 aromatic carbocycles. The third-order valence-corrected chi connectivity index (χ3v) is 3.39. The van der Waals surface area contributed by atoms with Crippen LogP contribution in [0.5, 0.6) is 0 Å². The van der Waals surface area contributed by atoms with Gasteiger partial charge >= 0.3 is 0 Å². The molecule has 0 aliphatic heterocycles. The van der Waals surface area contributed by atoms with E-state index in [1.165, 1.54) is 5.56 Å². The van der Waals surface area contributed by atoms with Crippen LogP contribution in [0.1, 0.15) is 12.5 Å². The number of nitrogens with one attached hydrogen (secondary N) is 1. The van der Waals surface area contributed by atoms with E-state index in [1.54, 1.807) is 18.2 Å². The molecule has 2 rings (SSSR count). The van der Waals surface area contributed by atoms with Crippen molar-refractivity contribution in [1.82, 2.24) is 0 Å². The van der Waals surface area contributed by atoms with Crippen molar-refractivity contribution in [3.63, 3.8) is 0 Å². The predicted molar refractivity (Wildman–Crippen MR) is 87.2 cm³/mol. The van der Waals surface area contributed by atoms with Crippen LogP contribution in [0.3, 0.4) is 0 Å². The van der Waals surface area contributed by atoms with Crippen LogP contribution in [-0.2, 0) is 6.42 Å². The van der Waals surface area contributed by atoms with Crippen LogP contribution >= 0.6 is 23.2 Å². The maximum Gasteiger partial charge on any atom is 0.198 e. The zero-order valence-electron chi connectivity index (χ0n) is 11.0. The van der Waals surface area contributed by atoms with Gasteiger partial charge in [0.05, 0.1) is 10.0 Å². The Morgan fingerprint density at radius 2 is 1.80 bits per heavy atom. The Labute approximate surface area is 128 Å². The van der Waals surface area contributed by atoms with E-state index in [9.17, 15) is 0 Å². The number of para-hydroxylation sites is 1. The Kier molecular flexibility index (Phi) is 4.88. The molecule has 3 N–H and O–H groups in total. The van der Waals surface area contributed by atoms with Crippen LogP contribution in [0.15, 0.2) is 47.5 Å². The van der Waals surface area contributed by atoms with Crippen LogP contribution in [-0.4, -0.2) is 5.96 Å². The number of aliphatic imine (C=N–C) groups is 1. The Bertz CT molecular complexity index is 619. The summed E-state index contributed by atoms with van der Waals surface area (Å²) in [5.41, 5.74) is 8.46. The number of aryl methyl sites for hydroxylation is 1. The minimum atomic E-state index is 0.244. The molecule has 0 aliphatic carbocycles. The molecule has 0 atom stereocenters. The lowest BCUT2D eigenvalue weighted by Crippen LogP contribution is -2.22. The first kappa shape index (κ1) is 14.7. The molecule has 0 saturated carbocycles. The number of benzene rings is 2. The van der Waals surface area contributed by atoms with Gasteiger partial charge in [-0.3, -0.25) is 0 Å². The molecule has 0 radical (unpaired) electrons. The van der Waals surface area contributed by atoms with E-state index in [4.69, 9.17) is 28.9 Å². The topological polar surface area (TPSA) is 50.4 Å². The molecular formula is C15H15Cl2N3. The van der Waals surface area contributed by atoms with E-state index in [0.717, 1.165) is 12.1 Å². The van der Waals surface area contributed by atoms with Gasteiger partial charge in [-0.1, -0.05) is 48.3 Å². The highest BCUT2D eigenvalue weighted by Gasteiger charge is 2.05. The second kappa shape index (κ2) is 6.64. The lowest BCUT2D eigenvalue weighted by atomic mass is 10.1. The Morgan fingerprint density at radius 3 is 2.45 bits per heavy atom. The fraction of sp³-hybridized carbons (Fsp3) is 0.133. The average Bonchev–Trinajstić information content (AvgIpc) is 2.43. The van der Waals surface area contributed by atoms with E-state index in [0.29, 0.717) is 15.7 Å². The molecule has 0 aliphatic rings. The van der Waals surface area contributed by atoms with Gasteiger partial charge in [0.15, 0.2) is 5.96 Å². The number of hydrogen-bond donors (Lipinski definition) is 2. The number of nitrogens with two attached hydrogens (primary N) is 1. The lowest BCUT2D eigenvalue weighted by molar-refractivity contribution is 1.14. The zero-order valence-corrected chi connectivity index (χ0v) is 12.5. The first-order chi connectivity index (χ1) is 9.60. The molecule has 0 bridgehead atoms. The molecule has 0 unspecified atom stereocenters. The molecule has 0 spiro atoms. The van der Waals surface area contributed by atoms with Gasteiger partial charge in [0, 0.05) is 5.69 Å². The third-order valence-electron chi connectivity index (χ3n) is 2.78. The fourth-order valence-corrected chi connectivity index (χ4v) is 2.24. The number of halogens is 2. The van der Waals surface area contributed by atoms with Crippen LogP contribution in [0, 0.1) is 0 Å². The number of guanidine groups is 1. The van der Waals surface area contributed by atoms with Gasteiger partial charge in [0.25, 0.3) is 0 Å². The SMILES string of the molecule is CCc1cccc(NC(N)=Nc2c(Cl)cccc2Cl)c1. The van der Waals surface area contributed by atoms with Crippen molar-refractivity contribution in [3.05, 3.63) is 58.1 Å². The van der Waals surface area contributed by atoms with Crippen LogP contribution in [0.25, 0.3) is 0 Å². The summed E-state index contributed by atoms with van der Waals surface area (Å²) < 4.78 is 0. The number of hydrogen-bond acceptors (Lipinski definition) is 1. The summed E-state index contributed by atoms with van der Waals surface area (Å²) in [6.45, 7) is 2.10. The Balaban J connectivity index is 2.23. The van der Waals surface area contributed by atoms with Crippen molar-refractivity contribution < 1.29 is 0 Å². The molecule has 0 fully saturated rings. The Hall–Kier alpha value is -1.71. The number of rotatable bonds is 3. The van der Waals surface area contributed by atoms with Gasteiger partial charge in [-0.2, -0.15) is 0 Å². The largest absolute Gasteiger partial charge is 0.369 e. The highest BCUT2D eigenvalue weighted by atomic mass is 35.5. The third kappa shape index (κ3) is 3.65. The minimum Gasteiger partial charge on any atom is -0.369 e. The molecule has 0 heterocycles. The van der Waals surface area contributed by atoms with Crippen molar-refractivity contribution in [1.29, 1.82) is 0 Å². The van der Waals surface area contributed by atoms with Gasteiger partial charge in [-0.25, -0.2) is 4.99 Å². The zero-order chi connectivity index (χ0) is 14.5. The summed E-state index contributed by atoms with van der Waals surface area (Å²) in [5, 5.41) is 3.96. The fourth-order valence-electron chi connectivity index (χ4n) is 1.76. The van der Waals surface area contributed by atoms with E-state index in [2.05, 4.69) is 23.3 Å². The monoisotopic (exact) mass is 307 g/mol. The van der Waals surface area contributed by atoms with Crippen molar-refractivity contribution in [2.45, 2.75) is 13.3 Å². The van der Waals surface area contributed by atoms with Crippen molar-refractivity contribution in [3.8, 4) is 0 Å². The molecule has 2 aromatic rings. The summed E-state index contributed by atoms with van der Waals surface area (Å²) in [4.78, 5) is 4.23. The summed E-state index contributed by atoms with van der Waals surface area (Å²) in [6, 6.07) is 13.2. The van der Waals surface area contributed by atoms with E-state index < -0.39 is 0 Å². The van der Waals surface area contributed by atoms with Crippen LogP contribution in [0.2, 0.25) is 10.0 Å². The van der Waals surface area contributed by atoms with Gasteiger partial charge in [0.1, 0.15) is 5.69 Å². The van der Waals surface area contributed by atoms with E-state index in [-0.39, 0.29) is 5.96 Å². The van der Waals surface area contributed by atoms with Crippen LogP contribution < -0.4 is 11.1 Å². The van der Waals surface area contributed by atoms with Crippen molar-refractivity contribution in [2.75, 3.05) is 5.32 Å². The normalized spacial score (nSPS) is 11.4. The second-order valence-corrected chi connectivity index (χ2v) is 5.06. The smallest absolute Gasteiger partial charge is 0.198 e.